The molecule has 0 heterocycles. The molecule has 0 saturated heterocycles. The Labute approximate surface area is 52.3 Å². The molecule has 0 fully saturated rings. The summed E-state index contributed by atoms with van der Waals surface area (Å²) in [6.45, 7) is 0. The van der Waals surface area contributed by atoms with Crippen molar-refractivity contribution in [1.29, 1.82) is 0 Å². The third-order valence-corrected chi connectivity index (χ3v) is 0.626. The Morgan fingerprint density at radius 3 is 2.56 bits per heavy atom. The van der Waals surface area contributed by atoms with E-state index in [0.717, 1.165) is 0 Å². The number of hydrogen-bond donors (Lipinski definition) is 5. The SMILES string of the molecule is NN=C(N)NOP(O)O. The van der Waals surface area contributed by atoms with Crippen molar-refractivity contribution in [2.45, 2.75) is 0 Å². The fourth-order valence-corrected chi connectivity index (χ4v) is 0.289. The Morgan fingerprint density at radius 1 is 1.67 bits per heavy atom. The molecule has 0 aromatic rings. The molecule has 0 amide bonds. The highest BCUT2D eigenvalue weighted by Gasteiger charge is 1.97. The monoisotopic (exact) mass is 154 g/mol. The van der Waals surface area contributed by atoms with Gasteiger partial charge in [-0.05, 0) is 0 Å². The zero-order valence-electron chi connectivity index (χ0n) is 4.35. The lowest BCUT2D eigenvalue weighted by atomic mass is 11.1. The van der Waals surface area contributed by atoms with Gasteiger partial charge in [0.1, 0.15) is 0 Å². The van der Waals surface area contributed by atoms with Crippen LogP contribution in [0.4, 0.5) is 0 Å². The summed E-state index contributed by atoms with van der Waals surface area (Å²) in [6, 6.07) is 0. The number of hydroxylamine groups is 1. The van der Waals surface area contributed by atoms with Crippen molar-refractivity contribution in [3.63, 3.8) is 0 Å². The van der Waals surface area contributed by atoms with E-state index >= 15 is 0 Å². The molecule has 0 bridgehead atoms. The minimum Gasteiger partial charge on any atom is -0.367 e. The van der Waals surface area contributed by atoms with Crippen LogP contribution in [0.5, 0.6) is 0 Å². The van der Waals surface area contributed by atoms with Crippen molar-refractivity contribution in [2.24, 2.45) is 16.7 Å². The molecule has 0 unspecified atom stereocenters. The zero-order chi connectivity index (χ0) is 7.28. The van der Waals surface area contributed by atoms with E-state index in [4.69, 9.17) is 15.5 Å². The van der Waals surface area contributed by atoms with Crippen LogP contribution in [0.15, 0.2) is 5.10 Å². The number of guanidine groups is 1. The molecule has 0 rings (SSSR count). The van der Waals surface area contributed by atoms with E-state index in [1.807, 2.05) is 5.48 Å². The smallest absolute Gasteiger partial charge is 0.350 e. The average molecular weight is 154 g/mol. The first-order valence-electron chi connectivity index (χ1n) is 1.81. The lowest BCUT2D eigenvalue weighted by Gasteiger charge is -2.02. The van der Waals surface area contributed by atoms with Crippen molar-refractivity contribution in [3.05, 3.63) is 0 Å². The van der Waals surface area contributed by atoms with Gasteiger partial charge in [-0.2, -0.15) is 4.62 Å². The number of hydrazone groups is 1. The molecule has 0 saturated carbocycles. The van der Waals surface area contributed by atoms with Crippen LogP contribution in [0.2, 0.25) is 0 Å². The Morgan fingerprint density at radius 2 is 2.22 bits per heavy atom. The summed E-state index contributed by atoms with van der Waals surface area (Å²) in [7, 11) is -2.47. The molecule has 0 aromatic carbocycles. The van der Waals surface area contributed by atoms with Crippen LogP contribution in [-0.2, 0) is 4.62 Å². The number of nitrogens with zero attached hydrogens (tertiary/aromatic N) is 1. The predicted molar refractivity (Wildman–Crippen MR) is 31.4 cm³/mol. The Balaban J connectivity index is 3.28. The van der Waals surface area contributed by atoms with E-state index in [1.54, 1.807) is 0 Å². The van der Waals surface area contributed by atoms with Gasteiger partial charge in [-0.15, -0.1) is 5.10 Å². The summed E-state index contributed by atoms with van der Waals surface area (Å²) < 4.78 is 3.98. The van der Waals surface area contributed by atoms with Crippen molar-refractivity contribution >= 4 is 14.6 Å². The van der Waals surface area contributed by atoms with Gasteiger partial charge in [0.25, 0.3) is 0 Å². The van der Waals surface area contributed by atoms with Crippen molar-refractivity contribution in [2.75, 3.05) is 0 Å². The number of nitrogens with one attached hydrogen (secondary N) is 1. The molecule has 54 valence electrons. The van der Waals surface area contributed by atoms with Gasteiger partial charge < -0.3 is 21.4 Å². The standard InChI is InChI=1S/CH7N4O3P/c2-1(4-3)5-8-9(6)7/h6-7H,3H2,(H3,2,4,5). The minimum absolute atomic E-state index is 0.231. The summed E-state index contributed by atoms with van der Waals surface area (Å²) in [4.78, 5) is 16.2. The molecule has 0 radical (unpaired) electrons. The second kappa shape index (κ2) is 4.28. The van der Waals surface area contributed by atoms with Crippen LogP contribution in [0.1, 0.15) is 0 Å². The lowest BCUT2D eigenvalue weighted by Crippen LogP contribution is -2.31. The van der Waals surface area contributed by atoms with Gasteiger partial charge in [-0.1, -0.05) is 0 Å². The van der Waals surface area contributed by atoms with Gasteiger partial charge in [-0.25, -0.2) is 5.48 Å². The zero-order valence-corrected chi connectivity index (χ0v) is 5.25. The fourth-order valence-electron chi connectivity index (χ4n) is 0.114. The van der Waals surface area contributed by atoms with E-state index in [1.165, 1.54) is 0 Å². The van der Waals surface area contributed by atoms with E-state index in [2.05, 4.69) is 15.6 Å². The maximum Gasteiger partial charge on any atom is 0.350 e. The molecule has 0 spiro atoms. The van der Waals surface area contributed by atoms with Gasteiger partial charge in [0.05, 0.1) is 0 Å². The van der Waals surface area contributed by atoms with Crippen molar-refractivity contribution < 1.29 is 14.4 Å². The topological polar surface area (TPSA) is 126 Å². The van der Waals surface area contributed by atoms with Crippen LogP contribution in [0.3, 0.4) is 0 Å². The second-order valence-corrected chi connectivity index (χ2v) is 1.65. The van der Waals surface area contributed by atoms with Crippen LogP contribution < -0.4 is 17.1 Å². The Hall–Kier alpha value is -0.620. The summed E-state index contributed by atoms with van der Waals surface area (Å²) in [5.41, 5.74) is 6.76. The largest absolute Gasteiger partial charge is 0.367 e. The van der Waals surface area contributed by atoms with Crippen molar-refractivity contribution in [3.8, 4) is 0 Å². The lowest BCUT2D eigenvalue weighted by molar-refractivity contribution is 0.212. The third-order valence-electron chi connectivity index (χ3n) is 0.371. The van der Waals surface area contributed by atoms with E-state index < -0.39 is 8.60 Å². The van der Waals surface area contributed by atoms with Gasteiger partial charge in [0.2, 0.25) is 5.96 Å². The van der Waals surface area contributed by atoms with Crippen LogP contribution in [-0.4, -0.2) is 15.7 Å². The summed E-state index contributed by atoms with van der Waals surface area (Å²) in [6.07, 6.45) is 0. The molecule has 0 aromatic heterocycles. The number of nitrogens with two attached hydrogens (primary N) is 2. The Bertz CT molecular complexity index is 104. The maximum atomic E-state index is 8.08. The Kier molecular flexibility index (Phi) is 3.98. The molecular weight excluding hydrogens is 147 g/mol. The molecule has 0 aliphatic heterocycles. The van der Waals surface area contributed by atoms with Gasteiger partial charge >= 0.3 is 8.60 Å². The molecule has 0 atom stereocenters. The van der Waals surface area contributed by atoms with Crippen LogP contribution in [0.25, 0.3) is 0 Å². The van der Waals surface area contributed by atoms with Crippen LogP contribution >= 0.6 is 8.60 Å². The highest BCUT2D eigenvalue weighted by molar-refractivity contribution is 7.39. The maximum absolute atomic E-state index is 8.08. The average Bonchev–Trinajstić information content (AvgIpc) is 1.83. The molecule has 0 aliphatic carbocycles. The summed E-state index contributed by atoms with van der Waals surface area (Å²) >= 11 is 0. The summed E-state index contributed by atoms with van der Waals surface area (Å²) in [5, 5.41) is 2.91. The van der Waals surface area contributed by atoms with Gasteiger partial charge in [0, 0.05) is 0 Å². The molecule has 8 heteroatoms. The normalized spacial score (nSPS) is 12.1. The molecule has 7 N–H and O–H groups in total. The molecule has 7 nitrogen and oxygen atoms in total. The molecular formula is CH7N4O3P. The first kappa shape index (κ1) is 8.38. The minimum atomic E-state index is -2.47. The van der Waals surface area contributed by atoms with Crippen LogP contribution in [0, 0.1) is 0 Å². The van der Waals surface area contributed by atoms with Crippen molar-refractivity contribution in [1.82, 2.24) is 5.48 Å². The van der Waals surface area contributed by atoms with E-state index in [9.17, 15) is 0 Å². The van der Waals surface area contributed by atoms with E-state index in [-0.39, 0.29) is 5.96 Å². The first-order valence-corrected chi connectivity index (χ1v) is 2.97. The number of hydrogen-bond acceptors (Lipinski definition) is 5. The highest BCUT2D eigenvalue weighted by Crippen LogP contribution is 2.21. The molecule has 9 heavy (non-hydrogen) atoms. The molecule has 0 aliphatic rings. The number of rotatable bonds is 2. The second-order valence-electron chi connectivity index (χ2n) is 0.960. The summed E-state index contributed by atoms with van der Waals surface area (Å²) in [5.74, 6) is 4.39. The fraction of sp³-hybridized carbons (Fsp3) is 0. The van der Waals surface area contributed by atoms with Gasteiger partial charge in [0.15, 0.2) is 0 Å². The van der Waals surface area contributed by atoms with E-state index in [0.29, 0.717) is 0 Å². The first-order chi connectivity index (χ1) is 4.16. The quantitative estimate of drug-likeness (QED) is 0.102. The third kappa shape index (κ3) is 5.25. The highest BCUT2D eigenvalue weighted by atomic mass is 31.2. The van der Waals surface area contributed by atoms with Gasteiger partial charge in [-0.3, -0.25) is 0 Å². The predicted octanol–water partition coefficient (Wildman–Crippen LogP) is -2.09.